The van der Waals surface area contributed by atoms with Gasteiger partial charge < -0.3 is 15.6 Å². The minimum atomic E-state index is -4.18. The highest BCUT2D eigenvalue weighted by atomic mass is 32.2. The van der Waals surface area contributed by atoms with E-state index in [1.807, 2.05) is 32.0 Å². The number of hydrogen-bond donors (Lipinski definition) is 3. The van der Waals surface area contributed by atoms with Crippen LogP contribution >= 0.6 is 0 Å². The van der Waals surface area contributed by atoms with Gasteiger partial charge in [0.25, 0.3) is 10.0 Å². The smallest absolute Gasteiger partial charge is 0.335 e. The number of nitrogens with one attached hydrogen (secondary N) is 1. The number of aryl methyl sites for hydroxylation is 2. The van der Waals surface area contributed by atoms with Gasteiger partial charge in [-0.25, -0.2) is 22.9 Å². The number of aromatic nitrogens is 2. The summed E-state index contributed by atoms with van der Waals surface area (Å²) in [4.78, 5) is 19.9. The average molecular weight is 537 g/mol. The van der Waals surface area contributed by atoms with Crippen LogP contribution in [-0.2, 0) is 10.0 Å². The second kappa shape index (κ2) is 9.36. The van der Waals surface area contributed by atoms with E-state index >= 15 is 0 Å². The Morgan fingerprint density at radius 3 is 2.39 bits per heavy atom. The average Bonchev–Trinajstić information content (AvgIpc) is 2.81. The monoisotopic (exact) mass is 536 g/mol. The fourth-order valence-corrected chi connectivity index (χ4v) is 7.44. The Bertz CT molecular complexity index is 1480. The van der Waals surface area contributed by atoms with E-state index in [1.54, 1.807) is 6.07 Å². The molecule has 3 aromatic rings. The number of aromatic carboxylic acids is 1. The maximum atomic E-state index is 13.1. The van der Waals surface area contributed by atoms with Crippen molar-refractivity contribution >= 4 is 21.9 Å². The van der Waals surface area contributed by atoms with Crippen LogP contribution in [0.3, 0.4) is 0 Å². The Balaban J connectivity index is 1.42. The van der Waals surface area contributed by atoms with Crippen LogP contribution in [0.2, 0.25) is 0 Å². The number of carboxylic acids is 1. The summed E-state index contributed by atoms with van der Waals surface area (Å²) in [5, 5.41) is 9.26. The first kappa shape index (κ1) is 26.1. The van der Waals surface area contributed by atoms with E-state index < -0.39 is 16.0 Å². The van der Waals surface area contributed by atoms with E-state index in [9.17, 15) is 18.3 Å². The van der Waals surface area contributed by atoms with Crippen molar-refractivity contribution < 1.29 is 23.1 Å². The van der Waals surface area contributed by atoms with Gasteiger partial charge in [0.2, 0.25) is 11.8 Å². The minimum Gasteiger partial charge on any atom is -0.478 e. The molecule has 0 saturated heterocycles. The fraction of sp³-hybridized carbons (Fsp3) is 0.393. The van der Waals surface area contributed by atoms with Crippen LogP contribution in [-0.4, -0.2) is 42.1 Å². The molecule has 2 bridgehead atoms. The number of nitrogens with zero attached hydrogens (tertiary/aromatic N) is 2. The molecule has 1 aromatic heterocycles. The molecule has 1 unspecified atom stereocenters. The number of nitrogens with two attached hydrogens (primary N) is 1. The number of carbonyl (C=O) groups is 1. The third-order valence-corrected chi connectivity index (χ3v) is 8.93. The summed E-state index contributed by atoms with van der Waals surface area (Å²) in [5.41, 5.74) is 10.4. The molecular formula is C28H32N4O5S. The standard InChI is InChI=1S/C28H32N4O5S/c1-17-6-4-7-18(2)24(17)22-11-23(37-13-20(29)12-28-14-27(3,15-28)16-28)31-26(30-22)32-38(35,36)21-9-5-8-19(10-21)25(33)34/h4-11,20H,12-16,29H2,1-3H3,(H,33,34)(H,30,31,32). The van der Waals surface area contributed by atoms with E-state index in [4.69, 9.17) is 10.5 Å². The second-order valence-corrected chi connectivity index (χ2v) is 12.9. The van der Waals surface area contributed by atoms with Gasteiger partial charge in [-0.3, -0.25) is 0 Å². The second-order valence-electron chi connectivity index (χ2n) is 11.2. The van der Waals surface area contributed by atoms with Crippen molar-refractivity contribution in [2.75, 3.05) is 11.3 Å². The number of hydrogen-bond acceptors (Lipinski definition) is 7. The van der Waals surface area contributed by atoms with Crippen molar-refractivity contribution in [1.29, 1.82) is 0 Å². The Labute approximate surface area is 222 Å². The van der Waals surface area contributed by atoms with Crippen LogP contribution < -0.4 is 15.2 Å². The highest BCUT2D eigenvalue weighted by molar-refractivity contribution is 7.92. The number of sulfonamides is 1. The normalized spacial score (nSPS) is 22.6. The first-order chi connectivity index (χ1) is 17.9. The van der Waals surface area contributed by atoms with E-state index in [1.165, 1.54) is 37.5 Å². The SMILES string of the molecule is Cc1cccc(C)c1-c1cc(OCC(N)CC23CC(C)(C2)C3)nc(NS(=O)(=O)c2cccc(C(=O)O)c2)n1. The highest BCUT2D eigenvalue weighted by Gasteiger charge is 2.64. The predicted octanol–water partition coefficient (Wildman–Crippen LogP) is 4.55. The molecule has 3 aliphatic rings. The zero-order chi connectivity index (χ0) is 27.3. The van der Waals surface area contributed by atoms with Crippen molar-refractivity contribution in [3.63, 3.8) is 0 Å². The zero-order valence-electron chi connectivity index (χ0n) is 21.7. The first-order valence-electron chi connectivity index (χ1n) is 12.6. The fourth-order valence-electron chi connectivity index (χ4n) is 6.45. The molecule has 0 amide bonds. The van der Waals surface area contributed by atoms with Gasteiger partial charge in [-0.15, -0.1) is 0 Å². The summed E-state index contributed by atoms with van der Waals surface area (Å²) in [6, 6.07) is 12.4. The molecule has 38 heavy (non-hydrogen) atoms. The van der Waals surface area contributed by atoms with Crippen LogP contribution in [0.1, 0.15) is 54.1 Å². The van der Waals surface area contributed by atoms with Crippen LogP contribution in [0, 0.1) is 24.7 Å². The number of ether oxygens (including phenoxy) is 1. The van der Waals surface area contributed by atoms with E-state index in [2.05, 4.69) is 21.6 Å². The van der Waals surface area contributed by atoms with Crippen molar-refractivity contribution in [1.82, 2.24) is 9.97 Å². The lowest BCUT2D eigenvalue weighted by Gasteiger charge is -2.70. The first-order valence-corrected chi connectivity index (χ1v) is 14.1. The number of rotatable bonds is 10. The summed E-state index contributed by atoms with van der Waals surface area (Å²) in [6.45, 7) is 6.46. The largest absolute Gasteiger partial charge is 0.478 e. The third-order valence-electron chi connectivity index (χ3n) is 7.60. The molecule has 2 aromatic carbocycles. The van der Waals surface area contributed by atoms with Gasteiger partial charge in [-0.05, 0) is 79.7 Å². The number of benzene rings is 2. The molecule has 4 N–H and O–H groups in total. The van der Waals surface area contributed by atoms with Crippen molar-refractivity contribution in [3.8, 4) is 17.1 Å². The summed E-state index contributed by atoms with van der Waals surface area (Å²) in [5.74, 6) is -1.20. The number of carboxylic acid groups (broad SMARTS) is 1. The van der Waals surface area contributed by atoms with E-state index in [-0.39, 0.29) is 34.9 Å². The molecule has 200 valence electrons. The minimum absolute atomic E-state index is 0.145. The van der Waals surface area contributed by atoms with Crippen LogP contribution in [0.4, 0.5) is 5.95 Å². The van der Waals surface area contributed by atoms with Crippen molar-refractivity contribution in [3.05, 3.63) is 65.2 Å². The van der Waals surface area contributed by atoms with Crippen LogP contribution in [0.5, 0.6) is 5.88 Å². The summed E-state index contributed by atoms with van der Waals surface area (Å²) in [7, 11) is -4.18. The van der Waals surface area contributed by atoms with Gasteiger partial charge in [0, 0.05) is 17.7 Å². The molecule has 0 spiro atoms. The maximum absolute atomic E-state index is 13.1. The van der Waals surface area contributed by atoms with Gasteiger partial charge in [-0.1, -0.05) is 31.2 Å². The molecule has 0 radical (unpaired) electrons. The van der Waals surface area contributed by atoms with Crippen LogP contribution in [0.25, 0.3) is 11.3 Å². The summed E-state index contributed by atoms with van der Waals surface area (Å²) < 4.78 is 34.6. The third kappa shape index (κ3) is 5.10. The molecule has 1 atom stereocenters. The molecule has 10 heteroatoms. The predicted molar refractivity (Wildman–Crippen MR) is 144 cm³/mol. The van der Waals surface area contributed by atoms with Gasteiger partial charge >= 0.3 is 5.97 Å². The molecule has 9 nitrogen and oxygen atoms in total. The Morgan fingerprint density at radius 1 is 1.11 bits per heavy atom. The Kier molecular flexibility index (Phi) is 6.43. The quantitative estimate of drug-likeness (QED) is 0.342. The summed E-state index contributed by atoms with van der Waals surface area (Å²) in [6.07, 6.45) is 4.53. The molecule has 3 aliphatic carbocycles. The van der Waals surface area contributed by atoms with Gasteiger partial charge in [0.15, 0.2) is 0 Å². The molecule has 0 aliphatic heterocycles. The zero-order valence-corrected chi connectivity index (χ0v) is 22.5. The van der Waals surface area contributed by atoms with Crippen molar-refractivity contribution in [2.24, 2.45) is 16.6 Å². The van der Waals surface area contributed by atoms with Gasteiger partial charge in [0.05, 0.1) is 16.2 Å². The Morgan fingerprint density at radius 2 is 1.76 bits per heavy atom. The van der Waals surface area contributed by atoms with Crippen molar-refractivity contribution in [2.45, 2.75) is 57.4 Å². The molecule has 1 heterocycles. The lowest BCUT2D eigenvalue weighted by atomic mass is 9.35. The molecule has 3 saturated carbocycles. The lowest BCUT2D eigenvalue weighted by molar-refractivity contribution is -0.197. The van der Waals surface area contributed by atoms with E-state index in [0.717, 1.165) is 29.2 Å². The Hall–Kier alpha value is -3.50. The lowest BCUT2D eigenvalue weighted by Crippen LogP contribution is -2.61. The topological polar surface area (TPSA) is 144 Å². The molecule has 3 fully saturated rings. The maximum Gasteiger partial charge on any atom is 0.335 e. The summed E-state index contributed by atoms with van der Waals surface area (Å²) >= 11 is 0. The highest BCUT2D eigenvalue weighted by Crippen LogP contribution is 2.74. The van der Waals surface area contributed by atoms with Crippen LogP contribution in [0.15, 0.2) is 53.4 Å². The number of anilines is 1. The molecule has 6 rings (SSSR count). The van der Waals surface area contributed by atoms with Gasteiger partial charge in [-0.2, -0.15) is 4.98 Å². The van der Waals surface area contributed by atoms with Gasteiger partial charge in [0.1, 0.15) is 6.61 Å². The molecular weight excluding hydrogens is 504 g/mol. The van der Waals surface area contributed by atoms with E-state index in [0.29, 0.717) is 16.5 Å².